The molecule has 42 heavy (non-hydrogen) atoms. The summed E-state index contributed by atoms with van der Waals surface area (Å²) in [6.07, 6.45) is 3.76. The van der Waals surface area contributed by atoms with Crippen molar-refractivity contribution < 1.29 is 19.0 Å². The third-order valence-corrected chi connectivity index (χ3v) is 7.45. The molecule has 0 bridgehead atoms. The highest BCUT2D eigenvalue weighted by Crippen LogP contribution is 2.42. The molecule has 0 radical (unpaired) electrons. The van der Waals surface area contributed by atoms with Crippen molar-refractivity contribution in [2.75, 3.05) is 19.1 Å². The van der Waals surface area contributed by atoms with E-state index in [0.29, 0.717) is 22.2 Å². The molecule has 1 N–H and O–H groups in total. The van der Waals surface area contributed by atoms with Crippen LogP contribution in [0.1, 0.15) is 33.8 Å². The van der Waals surface area contributed by atoms with Crippen LogP contribution in [0, 0.1) is 0 Å². The van der Waals surface area contributed by atoms with Crippen LogP contribution < -0.4 is 19.7 Å². The summed E-state index contributed by atoms with van der Waals surface area (Å²) in [5.74, 6) is 1.78. The van der Waals surface area contributed by atoms with Crippen LogP contribution >= 0.6 is 12.2 Å². The lowest BCUT2D eigenvalue weighted by Gasteiger charge is -2.29. The lowest BCUT2D eigenvalue weighted by atomic mass is 10.0. The Morgan fingerprint density at radius 3 is 2.26 bits per heavy atom. The number of rotatable bonds is 8. The minimum Gasteiger partial charge on any atom is -0.497 e. The summed E-state index contributed by atoms with van der Waals surface area (Å²) in [6, 6.07) is 32.1. The Bertz CT molecular complexity index is 1700. The molecule has 0 saturated carbocycles. The molecule has 2 atom stereocenters. The van der Waals surface area contributed by atoms with Crippen molar-refractivity contribution in [2.24, 2.45) is 0 Å². The molecule has 0 spiro atoms. The second-order valence-corrected chi connectivity index (χ2v) is 10.00. The summed E-state index contributed by atoms with van der Waals surface area (Å²) in [7, 11) is 3.01. The number of anilines is 1. The van der Waals surface area contributed by atoms with Crippen LogP contribution in [0.15, 0.2) is 116 Å². The standard InChI is InChI=1S/C33H28N4O4S/c1-39-25-15-17-27(18-16-25)41-26-13-11-23(12-14-26)37-31(30(35-33(37)42)28-9-3-4-19-34-28)29-10-6-20-36(29)24-8-5-7-22(21-24)32(38)40-2/h3-21,30-31H,1-2H3,(H,35,42)/t30-,31-/m0/s1. The van der Waals surface area contributed by atoms with E-state index in [1.165, 1.54) is 7.11 Å². The number of pyridine rings is 1. The van der Waals surface area contributed by atoms with Gasteiger partial charge in [0, 0.05) is 29.5 Å². The van der Waals surface area contributed by atoms with Crippen molar-refractivity contribution in [3.05, 3.63) is 132 Å². The van der Waals surface area contributed by atoms with Gasteiger partial charge in [0.2, 0.25) is 0 Å². The summed E-state index contributed by atoms with van der Waals surface area (Å²) in [6.45, 7) is 0. The Morgan fingerprint density at radius 2 is 1.57 bits per heavy atom. The molecule has 6 rings (SSSR count). The van der Waals surface area contributed by atoms with E-state index in [4.69, 9.17) is 26.4 Å². The fourth-order valence-corrected chi connectivity index (χ4v) is 5.50. The van der Waals surface area contributed by atoms with Crippen molar-refractivity contribution in [1.82, 2.24) is 14.9 Å². The molecule has 1 aliphatic rings. The first-order valence-electron chi connectivity index (χ1n) is 13.3. The molecule has 8 nitrogen and oxygen atoms in total. The van der Waals surface area contributed by atoms with Gasteiger partial charge in [-0.3, -0.25) is 4.98 Å². The number of carbonyl (C=O) groups excluding carboxylic acids is 1. The van der Waals surface area contributed by atoms with Gasteiger partial charge in [-0.25, -0.2) is 4.79 Å². The van der Waals surface area contributed by atoms with Gasteiger partial charge in [-0.2, -0.15) is 0 Å². The predicted octanol–water partition coefficient (Wildman–Crippen LogP) is 6.64. The van der Waals surface area contributed by atoms with Crippen molar-refractivity contribution in [3.8, 4) is 22.9 Å². The average Bonchev–Trinajstić information content (AvgIpc) is 3.66. The molecule has 2 aromatic heterocycles. The molecular formula is C33H28N4O4S. The quantitative estimate of drug-likeness (QED) is 0.163. The zero-order chi connectivity index (χ0) is 29.1. The molecular weight excluding hydrogens is 548 g/mol. The molecule has 1 saturated heterocycles. The number of thiocarbonyl (C=S) groups is 1. The van der Waals surface area contributed by atoms with E-state index in [-0.39, 0.29) is 18.1 Å². The van der Waals surface area contributed by atoms with Crippen molar-refractivity contribution in [3.63, 3.8) is 0 Å². The van der Waals surface area contributed by atoms with Crippen LogP contribution in [-0.2, 0) is 4.74 Å². The Kier molecular flexibility index (Phi) is 7.57. The molecule has 1 fully saturated rings. The smallest absolute Gasteiger partial charge is 0.337 e. The molecule has 9 heteroatoms. The maximum Gasteiger partial charge on any atom is 0.337 e. The first kappa shape index (κ1) is 27.0. The monoisotopic (exact) mass is 576 g/mol. The SMILES string of the molecule is COC(=O)c1cccc(-n2cccc2[C@H]2[C@H](c3ccccn3)NC(=S)N2c2ccc(Oc3ccc(OC)cc3)cc2)c1. The summed E-state index contributed by atoms with van der Waals surface area (Å²) < 4.78 is 18.3. The van der Waals surface area contributed by atoms with Gasteiger partial charge in [-0.05, 0) is 103 Å². The molecule has 0 aliphatic carbocycles. The maximum absolute atomic E-state index is 12.3. The third-order valence-electron chi connectivity index (χ3n) is 7.14. The lowest BCUT2D eigenvalue weighted by molar-refractivity contribution is 0.0600. The van der Waals surface area contributed by atoms with E-state index in [1.54, 1.807) is 19.4 Å². The summed E-state index contributed by atoms with van der Waals surface area (Å²) in [5, 5.41) is 4.08. The van der Waals surface area contributed by atoms with Crippen LogP contribution in [0.2, 0.25) is 0 Å². The van der Waals surface area contributed by atoms with E-state index in [0.717, 1.165) is 28.5 Å². The highest BCUT2D eigenvalue weighted by atomic mass is 32.1. The zero-order valence-corrected chi connectivity index (χ0v) is 23.8. The number of ether oxygens (including phenoxy) is 3. The second-order valence-electron chi connectivity index (χ2n) is 9.61. The Hall–Kier alpha value is -5.15. The normalized spacial score (nSPS) is 16.1. The topological polar surface area (TPSA) is 77.9 Å². The van der Waals surface area contributed by atoms with Gasteiger partial charge in [0.1, 0.15) is 23.3 Å². The molecule has 1 aliphatic heterocycles. The number of aromatic nitrogens is 2. The fourth-order valence-electron chi connectivity index (χ4n) is 5.16. The first-order chi connectivity index (χ1) is 20.6. The van der Waals surface area contributed by atoms with Crippen LogP contribution in [0.4, 0.5) is 5.69 Å². The maximum atomic E-state index is 12.3. The van der Waals surface area contributed by atoms with E-state index in [9.17, 15) is 4.79 Å². The van der Waals surface area contributed by atoms with Gasteiger partial charge in [0.25, 0.3) is 0 Å². The second kappa shape index (κ2) is 11.8. The zero-order valence-electron chi connectivity index (χ0n) is 23.0. The van der Waals surface area contributed by atoms with E-state index < -0.39 is 0 Å². The number of esters is 1. The van der Waals surface area contributed by atoms with Gasteiger partial charge in [0.05, 0.1) is 31.5 Å². The van der Waals surface area contributed by atoms with Crippen LogP contribution in [-0.4, -0.2) is 34.9 Å². The number of nitrogens with one attached hydrogen (secondary N) is 1. The van der Waals surface area contributed by atoms with E-state index in [1.807, 2.05) is 97.2 Å². The summed E-state index contributed by atoms with van der Waals surface area (Å²) in [5.41, 5.74) is 4.04. The first-order valence-corrected chi connectivity index (χ1v) is 13.7. The van der Waals surface area contributed by atoms with Crippen LogP contribution in [0.5, 0.6) is 17.2 Å². The van der Waals surface area contributed by atoms with Crippen molar-refractivity contribution in [2.45, 2.75) is 12.1 Å². The number of carbonyl (C=O) groups is 1. The molecule has 210 valence electrons. The van der Waals surface area contributed by atoms with Gasteiger partial charge >= 0.3 is 5.97 Å². The fraction of sp³-hybridized carbons (Fsp3) is 0.121. The van der Waals surface area contributed by atoms with E-state index in [2.05, 4.69) is 25.8 Å². The Balaban J connectivity index is 1.37. The van der Waals surface area contributed by atoms with Crippen molar-refractivity contribution in [1.29, 1.82) is 0 Å². The minimum absolute atomic E-state index is 0.230. The number of nitrogens with zero attached hydrogens (tertiary/aromatic N) is 3. The highest BCUT2D eigenvalue weighted by molar-refractivity contribution is 7.80. The largest absolute Gasteiger partial charge is 0.497 e. The van der Waals surface area contributed by atoms with Gasteiger partial charge in [0.15, 0.2) is 5.11 Å². The number of benzene rings is 3. The Labute approximate surface area is 249 Å². The number of hydrogen-bond acceptors (Lipinski definition) is 6. The van der Waals surface area contributed by atoms with Gasteiger partial charge in [-0.1, -0.05) is 12.1 Å². The molecule has 0 unspecified atom stereocenters. The molecule has 5 aromatic rings. The van der Waals surface area contributed by atoms with Crippen molar-refractivity contribution >= 4 is 29.0 Å². The number of hydrogen-bond donors (Lipinski definition) is 1. The molecule has 3 aromatic carbocycles. The number of methoxy groups -OCH3 is 2. The predicted molar refractivity (Wildman–Crippen MR) is 165 cm³/mol. The summed E-state index contributed by atoms with van der Waals surface area (Å²) >= 11 is 5.92. The molecule has 3 heterocycles. The van der Waals surface area contributed by atoms with E-state index >= 15 is 0 Å². The van der Waals surface area contributed by atoms with Crippen LogP contribution in [0.25, 0.3) is 5.69 Å². The van der Waals surface area contributed by atoms with Gasteiger partial charge < -0.3 is 29.0 Å². The third kappa shape index (κ3) is 5.29. The average molecular weight is 577 g/mol. The van der Waals surface area contributed by atoms with Crippen LogP contribution in [0.3, 0.4) is 0 Å². The minimum atomic E-state index is -0.390. The molecule has 0 amide bonds. The lowest BCUT2D eigenvalue weighted by Crippen LogP contribution is -2.30. The Morgan fingerprint density at radius 1 is 0.833 bits per heavy atom. The van der Waals surface area contributed by atoms with Gasteiger partial charge in [-0.15, -0.1) is 0 Å². The highest BCUT2D eigenvalue weighted by Gasteiger charge is 2.42. The summed E-state index contributed by atoms with van der Waals surface area (Å²) in [4.78, 5) is 19.0.